The predicted octanol–water partition coefficient (Wildman–Crippen LogP) is 7.98. The second kappa shape index (κ2) is 12.2. The Hall–Kier alpha value is -4.69. The lowest BCUT2D eigenvalue weighted by molar-refractivity contribution is 0.0893. The van der Waals surface area contributed by atoms with Gasteiger partial charge in [-0.15, -0.1) is 0 Å². The van der Waals surface area contributed by atoms with Gasteiger partial charge in [-0.05, 0) is 0 Å². The topological polar surface area (TPSA) is 36.9 Å². The summed E-state index contributed by atoms with van der Waals surface area (Å²) in [5.74, 6) is -28.1. The Labute approximate surface area is 223 Å². The molecule has 0 fully saturated rings. The van der Waals surface area contributed by atoms with Crippen molar-refractivity contribution in [3.63, 3.8) is 0 Å². The minimum Gasteiger partial charge on any atom is -0.454 e. The Morgan fingerprint density at radius 1 is 0.341 bits per heavy atom. The molecule has 0 bridgehead atoms. The van der Waals surface area contributed by atoms with Gasteiger partial charge in [-0.1, -0.05) is 38.0 Å². The molecular formula is C26H13F11O4. The van der Waals surface area contributed by atoms with Crippen molar-refractivity contribution in [3.05, 3.63) is 100 Å². The van der Waals surface area contributed by atoms with Gasteiger partial charge in [-0.25, -0.2) is 22.0 Å². The summed E-state index contributed by atoms with van der Waals surface area (Å²) in [5, 5.41) is 0. The molecule has 0 atom stereocenters. The first-order valence-electron chi connectivity index (χ1n) is 10.6. The predicted molar refractivity (Wildman–Crippen MR) is 121 cm³/mol. The molecule has 0 saturated carbocycles. The van der Waals surface area contributed by atoms with Crippen molar-refractivity contribution in [1.82, 2.24) is 0 Å². The zero-order valence-corrected chi connectivity index (χ0v) is 20.1. The van der Waals surface area contributed by atoms with Crippen LogP contribution in [0.4, 0.5) is 48.3 Å². The van der Waals surface area contributed by atoms with Crippen molar-refractivity contribution in [1.29, 1.82) is 0 Å². The van der Waals surface area contributed by atoms with E-state index in [1.807, 2.05) is 0 Å². The molecule has 218 valence electrons. The van der Waals surface area contributed by atoms with Crippen LogP contribution < -0.4 is 18.9 Å². The minimum atomic E-state index is -2.07. The van der Waals surface area contributed by atoms with Crippen LogP contribution >= 0.6 is 0 Å². The summed E-state index contributed by atoms with van der Waals surface area (Å²) in [6, 6.07) is 0. The minimum absolute atomic E-state index is 0.461. The van der Waals surface area contributed by atoms with E-state index in [0.717, 1.165) is 0 Å². The zero-order valence-electron chi connectivity index (χ0n) is 20.1. The summed E-state index contributed by atoms with van der Waals surface area (Å²) in [6.07, 6.45) is 1.46. The highest BCUT2D eigenvalue weighted by molar-refractivity contribution is 5.60. The lowest BCUT2D eigenvalue weighted by atomic mass is 10.1. The third kappa shape index (κ3) is 5.38. The molecule has 0 spiro atoms. The molecular weight excluding hydrogens is 585 g/mol. The molecule has 0 aliphatic carbocycles. The molecule has 0 N–H and O–H groups in total. The number of ether oxygens (including phenoxy) is 4. The first-order chi connectivity index (χ1) is 19.3. The van der Waals surface area contributed by atoms with Gasteiger partial charge < -0.3 is 18.9 Å². The van der Waals surface area contributed by atoms with E-state index < -0.39 is 117 Å². The van der Waals surface area contributed by atoms with Crippen LogP contribution in [0, 0.1) is 64.0 Å². The molecule has 0 aliphatic rings. The molecule has 3 aromatic carbocycles. The number of hydrogen-bond acceptors (Lipinski definition) is 4. The zero-order chi connectivity index (χ0) is 30.8. The maximum absolute atomic E-state index is 15.0. The normalized spacial score (nSPS) is 10.8. The van der Waals surface area contributed by atoms with Crippen molar-refractivity contribution < 1.29 is 67.2 Å². The summed E-state index contributed by atoms with van der Waals surface area (Å²) in [5.41, 5.74) is -3.39. The smallest absolute Gasteiger partial charge is 0.231 e. The van der Waals surface area contributed by atoms with Gasteiger partial charge in [0.2, 0.25) is 65.7 Å². The molecule has 0 aromatic heterocycles. The molecule has 41 heavy (non-hydrogen) atoms. The third-order valence-corrected chi connectivity index (χ3v) is 5.21. The van der Waals surface area contributed by atoms with E-state index in [1.54, 1.807) is 0 Å². The lowest BCUT2D eigenvalue weighted by Crippen LogP contribution is -2.16. The molecule has 0 radical (unpaired) electrons. The van der Waals surface area contributed by atoms with Crippen molar-refractivity contribution >= 4 is 18.2 Å². The van der Waals surface area contributed by atoms with E-state index >= 15 is 4.39 Å². The van der Waals surface area contributed by atoms with Crippen LogP contribution in [-0.2, 0) is 0 Å². The van der Waals surface area contributed by atoms with Gasteiger partial charge in [0.15, 0.2) is 34.8 Å². The first kappa shape index (κ1) is 30.8. The van der Waals surface area contributed by atoms with Crippen LogP contribution in [0.15, 0.2) is 19.7 Å². The van der Waals surface area contributed by atoms with Gasteiger partial charge in [-0.2, -0.15) is 26.3 Å². The van der Waals surface area contributed by atoms with Crippen LogP contribution in [0.2, 0.25) is 0 Å². The second-order valence-corrected chi connectivity index (χ2v) is 7.44. The third-order valence-electron chi connectivity index (χ3n) is 5.21. The van der Waals surface area contributed by atoms with Crippen molar-refractivity contribution in [2.24, 2.45) is 0 Å². The molecule has 0 aliphatic heterocycles. The summed E-state index contributed by atoms with van der Waals surface area (Å²) in [6.45, 7) is 6.03. The number of benzene rings is 3. The standard InChI is InChI=1S/C26H13F11O4/c1-4-9-12(27)17(32)24(18(33)13(9)28)39-7-38-23-11(6-3)16(31)21(36)26(22(23)37)41-8-40-25-19(34)14(29)10(5-2)15(30)20(25)35/h4-6H,1-3,7-8H2. The molecule has 0 heterocycles. The molecule has 0 amide bonds. The highest BCUT2D eigenvalue weighted by Gasteiger charge is 2.30. The summed E-state index contributed by atoms with van der Waals surface area (Å²) >= 11 is 0. The molecule has 15 heteroatoms. The molecule has 4 nitrogen and oxygen atoms in total. The van der Waals surface area contributed by atoms with E-state index in [4.69, 9.17) is 4.74 Å². The second-order valence-electron chi connectivity index (χ2n) is 7.44. The molecule has 0 saturated heterocycles. The maximum Gasteiger partial charge on any atom is 0.231 e. The van der Waals surface area contributed by atoms with E-state index in [9.17, 15) is 43.9 Å². The average Bonchev–Trinajstić information content (AvgIpc) is 2.95. The van der Waals surface area contributed by atoms with Gasteiger partial charge in [0.1, 0.15) is 0 Å². The summed E-state index contributed by atoms with van der Waals surface area (Å²) < 4.78 is 174. The quantitative estimate of drug-likeness (QED) is 0.128. The van der Waals surface area contributed by atoms with E-state index in [1.165, 1.54) is 0 Å². The van der Waals surface area contributed by atoms with Crippen LogP contribution in [0.25, 0.3) is 18.2 Å². The van der Waals surface area contributed by atoms with Gasteiger partial charge in [0.25, 0.3) is 0 Å². The number of hydrogen-bond donors (Lipinski definition) is 0. The first-order valence-corrected chi connectivity index (χ1v) is 10.6. The SMILES string of the molecule is C=Cc1c(F)c(F)c(OCOc2c(F)c(F)c(C=C)c(OCOc3c(F)c(F)c(C=C)c(F)c3F)c2F)c(F)c1F. The Bertz CT molecular complexity index is 1510. The van der Waals surface area contributed by atoms with Gasteiger partial charge in [0, 0.05) is 0 Å². The monoisotopic (exact) mass is 598 g/mol. The van der Waals surface area contributed by atoms with Gasteiger partial charge in [0.05, 0.1) is 16.7 Å². The highest BCUT2D eigenvalue weighted by Crippen LogP contribution is 2.38. The van der Waals surface area contributed by atoms with Crippen molar-refractivity contribution in [2.45, 2.75) is 0 Å². The Morgan fingerprint density at radius 3 is 0.878 bits per heavy atom. The Balaban J connectivity index is 1.89. The summed E-state index contributed by atoms with van der Waals surface area (Å²) in [7, 11) is 0. The fraction of sp³-hybridized carbons (Fsp3) is 0.0769. The Kier molecular flexibility index (Phi) is 9.20. The van der Waals surface area contributed by atoms with E-state index in [-0.39, 0.29) is 0 Å². The Morgan fingerprint density at radius 2 is 0.585 bits per heavy atom. The van der Waals surface area contributed by atoms with Crippen LogP contribution in [0.3, 0.4) is 0 Å². The molecule has 0 unspecified atom stereocenters. The van der Waals surface area contributed by atoms with Gasteiger partial charge >= 0.3 is 0 Å². The maximum atomic E-state index is 15.0. The summed E-state index contributed by atoms with van der Waals surface area (Å²) in [4.78, 5) is 0. The van der Waals surface area contributed by atoms with Crippen molar-refractivity contribution in [3.8, 4) is 23.0 Å². The average molecular weight is 598 g/mol. The number of rotatable bonds is 11. The number of halogens is 11. The van der Waals surface area contributed by atoms with Crippen LogP contribution in [0.1, 0.15) is 16.7 Å². The fourth-order valence-corrected chi connectivity index (χ4v) is 3.25. The van der Waals surface area contributed by atoms with E-state index in [2.05, 4.69) is 33.9 Å². The fourth-order valence-electron chi connectivity index (χ4n) is 3.25. The largest absolute Gasteiger partial charge is 0.454 e. The van der Waals surface area contributed by atoms with Gasteiger partial charge in [-0.3, -0.25) is 0 Å². The molecule has 3 rings (SSSR count). The van der Waals surface area contributed by atoms with Crippen LogP contribution in [-0.4, -0.2) is 13.6 Å². The lowest BCUT2D eigenvalue weighted by Gasteiger charge is -2.17. The molecule has 3 aromatic rings. The van der Waals surface area contributed by atoms with Crippen molar-refractivity contribution in [2.75, 3.05) is 13.6 Å². The van der Waals surface area contributed by atoms with E-state index in [0.29, 0.717) is 18.2 Å². The highest BCUT2D eigenvalue weighted by atomic mass is 19.2. The van der Waals surface area contributed by atoms with Crippen LogP contribution in [0.5, 0.6) is 23.0 Å².